The second kappa shape index (κ2) is 10.3. The Kier molecular flexibility index (Phi) is 8.13. The van der Waals surface area contributed by atoms with Gasteiger partial charge in [0.25, 0.3) is 0 Å². The van der Waals surface area contributed by atoms with Gasteiger partial charge in [-0.3, -0.25) is 4.90 Å². The Morgan fingerprint density at radius 2 is 1.75 bits per heavy atom. The summed E-state index contributed by atoms with van der Waals surface area (Å²) in [6.07, 6.45) is 2.54. The van der Waals surface area contributed by atoms with Crippen molar-refractivity contribution in [2.45, 2.75) is 83.3 Å². The van der Waals surface area contributed by atoms with Crippen LogP contribution in [0.1, 0.15) is 53.0 Å². The number of carbonyl (C=O) groups excluding carboxylic acids is 1. The molecule has 2 heterocycles. The van der Waals surface area contributed by atoms with E-state index in [9.17, 15) is 4.79 Å². The lowest BCUT2D eigenvalue weighted by Gasteiger charge is -2.49. The van der Waals surface area contributed by atoms with E-state index in [4.69, 9.17) is 25.8 Å². The number of ether oxygens (including phenoxy) is 3. The van der Waals surface area contributed by atoms with Crippen LogP contribution in [0, 0.1) is 0 Å². The number of nitrogens with zero attached hydrogens (tertiary/aromatic N) is 2. The quantitative estimate of drug-likeness (QED) is 0.625. The van der Waals surface area contributed by atoms with Crippen LogP contribution in [0.2, 0.25) is 5.02 Å². The molecule has 180 valence electrons. The van der Waals surface area contributed by atoms with Crippen molar-refractivity contribution in [3.05, 3.63) is 34.9 Å². The number of amides is 1. The molecule has 2 fully saturated rings. The third-order valence-electron chi connectivity index (χ3n) is 6.61. The lowest BCUT2D eigenvalue weighted by atomic mass is 9.92. The monoisotopic (exact) mass is 466 g/mol. The number of morpholine rings is 1. The van der Waals surface area contributed by atoms with Crippen LogP contribution in [0.25, 0.3) is 0 Å². The first-order valence-corrected chi connectivity index (χ1v) is 12.0. The molecular formula is C25H39ClN2O4. The smallest absolute Gasteiger partial charge is 0.410 e. The van der Waals surface area contributed by atoms with Crippen molar-refractivity contribution in [3.63, 3.8) is 0 Å². The number of hydrogen-bond acceptors (Lipinski definition) is 5. The zero-order chi connectivity index (χ0) is 23.5. The molecule has 6 nitrogen and oxygen atoms in total. The van der Waals surface area contributed by atoms with Gasteiger partial charge in [0.1, 0.15) is 5.60 Å². The van der Waals surface area contributed by atoms with Crippen molar-refractivity contribution in [3.8, 4) is 0 Å². The number of benzene rings is 1. The lowest BCUT2D eigenvalue weighted by Crippen LogP contribution is -2.61. The highest BCUT2D eigenvalue weighted by molar-refractivity contribution is 6.30. The van der Waals surface area contributed by atoms with Crippen LogP contribution in [-0.2, 0) is 20.6 Å². The van der Waals surface area contributed by atoms with Gasteiger partial charge in [-0.25, -0.2) is 4.79 Å². The molecule has 2 aliphatic heterocycles. The van der Waals surface area contributed by atoms with Crippen LogP contribution in [0.4, 0.5) is 4.79 Å². The minimum absolute atomic E-state index is 0.00199. The molecule has 0 saturated carbocycles. The Morgan fingerprint density at radius 1 is 1.12 bits per heavy atom. The van der Waals surface area contributed by atoms with Crippen molar-refractivity contribution < 1.29 is 19.0 Å². The Hall–Kier alpha value is -1.34. The summed E-state index contributed by atoms with van der Waals surface area (Å²) in [6.45, 7) is 12.8. The van der Waals surface area contributed by atoms with E-state index in [0.717, 1.165) is 30.8 Å². The van der Waals surface area contributed by atoms with Gasteiger partial charge in [-0.2, -0.15) is 0 Å². The molecule has 2 aliphatic rings. The van der Waals surface area contributed by atoms with E-state index in [-0.39, 0.29) is 23.8 Å². The molecule has 0 radical (unpaired) electrons. The number of methoxy groups -OCH3 is 1. The van der Waals surface area contributed by atoms with Crippen LogP contribution >= 0.6 is 11.6 Å². The molecule has 1 aromatic rings. The van der Waals surface area contributed by atoms with Crippen molar-refractivity contribution in [2.24, 2.45) is 0 Å². The molecular weight excluding hydrogens is 428 g/mol. The maximum atomic E-state index is 12.5. The minimum Gasteiger partial charge on any atom is -0.444 e. The van der Waals surface area contributed by atoms with Gasteiger partial charge in [0, 0.05) is 43.9 Å². The number of carbonyl (C=O) groups is 1. The van der Waals surface area contributed by atoms with Gasteiger partial charge in [-0.15, -0.1) is 0 Å². The fourth-order valence-corrected chi connectivity index (χ4v) is 4.62. The molecule has 0 aromatic heterocycles. The molecule has 1 amide bonds. The summed E-state index contributed by atoms with van der Waals surface area (Å²) >= 11 is 6.08. The van der Waals surface area contributed by atoms with Crippen LogP contribution in [0.3, 0.4) is 0 Å². The molecule has 0 bridgehead atoms. The van der Waals surface area contributed by atoms with Crippen LogP contribution in [0.5, 0.6) is 0 Å². The van der Waals surface area contributed by atoms with E-state index in [2.05, 4.69) is 30.9 Å². The highest BCUT2D eigenvalue weighted by Crippen LogP contribution is 2.30. The molecule has 2 saturated heterocycles. The third kappa shape index (κ3) is 6.60. The zero-order valence-corrected chi connectivity index (χ0v) is 21.2. The molecule has 1 aromatic carbocycles. The summed E-state index contributed by atoms with van der Waals surface area (Å²) in [5.74, 6) is 0. The molecule has 3 rings (SSSR count). The van der Waals surface area contributed by atoms with E-state index in [1.54, 1.807) is 7.11 Å². The average molecular weight is 467 g/mol. The summed E-state index contributed by atoms with van der Waals surface area (Å²) < 4.78 is 17.6. The van der Waals surface area contributed by atoms with E-state index in [0.29, 0.717) is 25.7 Å². The van der Waals surface area contributed by atoms with Crippen molar-refractivity contribution in [1.29, 1.82) is 0 Å². The normalized spacial score (nSPS) is 23.9. The fourth-order valence-electron chi connectivity index (χ4n) is 4.49. The number of rotatable bonds is 5. The van der Waals surface area contributed by atoms with Gasteiger partial charge in [0.15, 0.2) is 0 Å². The van der Waals surface area contributed by atoms with Crippen molar-refractivity contribution in [2.75, 3.05) is 33.4 Å². The molecule has 0 N–H and O–H groups in total. The maximum absolute atomic E-state index is 12.5. The first-order chi connectivity index (χ1) is 15.0. The minimum atomic E-state index is -0.471. The zero-order valence-electron chi connectivity index (χ0n) is 20.4. The van der Waals surface area contributed by atoms with Crippen LogP contribution < -0.4 is 0 Å². The second-order valence-corrected chi connectivity index (χ2v) is 10.9. The van der Waals surface area contributed by atoms with E-state index < -0.39 is 5.60 Å². The van der Waals surface area contributed by atoms with E-state index >= 15 is 0 Å². The summed E-state index contributed by atoms with van der Waals surface area (Å²) in [6, 6.07) is 8.75. The Balaban J connectivity index is 1.69. The fraction of sp³-hybridized carbons (Fsp3) is 0.720. The first kappa shape index (κ1) is 25.3. The molecule has 1 unspecified atom stereocenters. The largest absolute Gasteiger partial charge is 0.444 e. The maximum Gasteiger partial charge on any atom is 0.410 e. The summed E-state index contributed by atoms with van der Waals surface area (Å²) in [5, 5.41) is 0.752. The molecule has 0 aliphatic carbocycles. The predicted molar refractivity (Wildman–Crippen MR) is 127 cm³/mol. The molecule has 7 heteroatoms. The Morgan fingerprint density at radius 3 is 2.31 bits per heavy atom. The summed E-state index contributed by atoms with van der Waals surface area (Å²) in [4.78, 5) is 16.9. The third-order valence-corrected chi connectivity index (χ3v) is 6.86. The Labute approximate surface area is 198 Å². The molecule has 0 spiro atoms. The highest BCUT2D eigenvalue weighted by atomic mass is 35.5. The number of hydrogen-bond donors (Lipinski definition) is 0. The topological polar surface area (TPSA) is 51.2 Å². The standard InChI is InChI=1S/C25H39ClN2O4/c1-24(2,3)32-23(29)27-13-11-20(12-14-27)28-16-22(25(4,5)30-6)31-17-21(28)15-18-7-9-19(26)10-8-18/h7-10,20-22H,11-17H2,1-6H3/t21-,22?/m0/s1. The number of likely N-dealkylation sites (tertiary alicyclic amines) is 1. The highest BCUT2D eigenvalue weighted by Gasteiger charge is 2.41. The van der Waals surface area contributed by atoms with Gasteiger partial charge in [0.2, 0.25) is 0 Å². The first-order valence-electron chi connectivity index (χ1n) is 11.6. The summed E-state index contributed by atoms with van der Waals surface area (Å²) in [5.41, 5.74) is 0.422. The van der Waals surface area contributed by atoms with Gasteiger partial charge in [-0.05, 0) is 71.6 Å². The van der Waals surface area contributed by atoms with Gasteiger partial charge >= 0.3 is 6.09 Å². The van der Waals surface area contributed by atoms with E-state index in [1.165, 1.54) is 5.56 Å². The molecule has 32 heavy (non-hydrogen) atoms. The van der Waals surface area contributed by atoms with Crippen molar-refractivity contribution in [1.82, 2.24) is 9.80 Å². The second-order valence-electron chi connectivity index (χ2n) is 10.5. The lowest BCUT2D eigenvalue weighted by molar-refractivity contribution is -0.166. The van der Waals surface area contributed by atoms with Gasteiger partial charge in [-0.1, -0.05) is 23.7 Å². The van der Waals surface area contributed by atoms with E-state index in [1.807, 2.05) is 37.8 Å². The van der Waals surface area contributed by atoms with Crippen LogP contribution in [0.15, 0.2) is 24.3 Å². The average Bonchev–Trinajstić information content (AvgIpc) is 2.74. The molecule has 2 atom stereocenters. The predicted octanol–water partition coefficient (Wildman–Crippen LogP) is 4.78. The van der Waals surface area contributed by atoms with Crippen LogP contribution in [-0.4, -0.2) is 78.6 Å². The van der Waals surface area contributed by atoms with Gasteiger partial charge < -0.3 is 19.1 Å². The SMILES string of the molecule is COC(C)(C)C1CN(C2CCN(C(=O)OC(C)(C)C)CC2)[C@@H](Cc2ccc(Cl)cc2)CO1. The van der Waals surface area contributed by atoms with Gasteiger partial charge in [0.05, 0.1) is 18.3 Å². The Bertz CT molecular complexity index is 754. The number of piperidine rings is 1. The number of halogens is 1. The summed E-state index contributed by atoms with van der Waals surface area (Å²) in [7, 11) is 1.74. The van der Waals surface area contributed by atoms with Crippen molar-refractivity contribution >= 4 is 17.7 Å².